The predicted molar refractivity (Wildman–Crippen MR) is 136 cm³/mol. The van der Waals surface area contributed by atoms with E-state index in [1.54, 1.807) is 12.1 Å². The van der Waals surface area contributed by atoms with Crippen molar-refractivity contribution in [2.45, 2.75) is 0 Å². The molecular weight excluding hydrogens is 481 g/mol. The Kier molecular flexibility index (Phi) is 8.16. The first-order valence-electron chi connectivity index (χ1n) is 10.5. The number of piperazine rings is 1. The van der Waals surface area contributed by atoms with Gasteiger partial charge >= 0.3 is 5.97 Å². The highest BCUT2D eigenvalue weighted by Gasteiger charge is 2.30. The number of carbonyl (C=O) groups is 1. The van der Waals surface area contributed by atoms with Gasteiger partial charge in [0.1, 0.15) is 18.0 Å². The number of fused-ring (bicyclic) bond motifs is 2. The molecular formula is C23H25Cl2N5O4. The maximum absolute atomic E-state index is 11.5. The molecule has 3 aromatic rings. The number of hydrogen-bond donors (Lipinski definition) is 4. The fraction of sp³-hybridized carbons (Fsp3) is 0.261. The van der Waals surface area contributed by atoms with E-state index < -0.39 is 5.97 Å². The Hall–Kier alpha value is -3.11. The third kappa shape index (κ3) is 4.88. The van der Waals surface area contributed by atoms with Gasteiger partial charge in [-0.3, -0.25) is 4.90 Å². The van der Waals surface area contributed by atoms with Crippen molar-refractivity contribution < 1.29 is 19.8 Å². The number of carboxylic acid groups (broad SMARTS) is 1. The van der Waals surface area contributed by atoms with E-state index >= 15 is 0 Å². The lowest BCUT2D eigenvalue weighted by Gasteiger charge is -2.26. The first-order valence-corrected chi connectivity index (χ1v) is 10.5. The van der Waals surface area contributed by atoms with Crippen molar-refractivity contribution in [1.29, 1.82) is 0 Å². The maximum atomic E-state index is 11.5. The van der Waals surface area contributed by atoms with Gasteiger partial charge in [-0.25, -0.2) is 9.79 Å². The number of benzene rings is 2. The fourth-order valence-electron chi connectivity index (χ4n) is 4.11. The van der Waals surface area contributed by atoms with E-state index in [1.807, 2.05) is 24.3 Å². The highest BCUT2D eigenvalue weighted by Crippen LogP contribution is 2.36. The van der Waals surface area contributed by atoms with Crippen LogP contribution in [0.2, 0.25) is 0 Å². The summed E-state index contributed by atoms with van der Waals surface area (Å²) >= 11 is 0. The number of aromatic carboxylic acids is 1. The van der Waals surface area contributed by atoms with Gasteiger partial charge in [0.25, 0.3) is 0 Å². The number of oxime groups is 1. The number of halogens is 2. The average molecular weight is 506 g/mol. The van der Waals surface area contributed by atoms with E-state index in [-0.39, 0.29) is 36.3 Å². The summed E-state index contributed by atoms with van der Waals surface area (Å²) in [7, 11) is 0. The molecule has 0 aliphatic carbocycles. The second-order valence-corrected chi connectivity index (χ2v) is 7.76. The molecule has 0 radical (unpaired) electrons. The summed E-state index contributed by atoms with van der Waals surface area (Å²) in [6.45, 7) is 4.96. The van der Waals surface area contributed by atoms with Crippen molar-refractivity contribution in [3.63, 3.8) is 0 Å². The van der Waals surface area contributed by atoms with Crippen molar-refractivity contribution >= 4 is 58.8 Å². The van der Waals surface area contributed by atoms with Crippen LogP contribution >= 0.6 is 24.8 Å². The summed E-state index contributed by atoms with van der Waals surface area (Å²) in [6.07, 6.45) is 0. The number of aromatic hydroxyl groups is 1. The zero-order valence-corrected chi connectivity index (χ0v) is 19.8. The summed E-state index contributed by atoms with van der Waals surface area (Å²) in [5.41, 5.74) is 3.41. The monoisotopic (exact) mass is 505 g/mol. The van der Waals surface area contributed by atoms with Crippen molar-refractivity contribution in [3.05, 3.63) is 59.2 Å². The molecule has 1 saturated heterocycles. The molecule has 1 aromatic heterocycles. The number of aromatic amines is 1. The Bertz CT molecular complexity index is 1250. The van der Waals surface area contributed by atoms with Crippen LogP contribution in [0.4, 0.5) is 5.69 Å². The second-order valence-electron chi connectivity index (χ2n) is 7.76. The first kappa shape index (κ1) is 25.5. The normalized spacial score (nSPS) is 16.5. The number of nitrogens with one attached hydrogen (secondary N) is 2. The molecule has 0 unspecified atom stereocenters. The van der Waals surface area contributed by atoms with Crippen LogP contribution in [0.5, 0.6) is 5.88 Å². The van der Waals surface area contributed by atoms with Crippen LogP contribution in [0.3, 0.4) is 0 Å². The van der Waals surface area contributed by atoms with Crippen LogP contribution in [0.15, 0.2) is 52.6 Å². The number of rotatable bonds is 6. The first-order chi connectivity index (χ1) is 15.6. The maximum Gasteiger partial charge on any atom is 0.335 e. The molecule has 5 rings (SSSR count). The van der Waals surface area contributed by atoms with Crippen LogP contribution < -0.4 is 5.32 Å². The molecule has 180 valence electrons. The molecule has 2 aliphatic rings. The van der Waals surface area contributed by atoms with Crippen LogP contribution in [-0.4, -0.2) is 76.8 Å². The highest BCUT2D eigenvalue weighted by atomic mass is 35.5. The van der Waals surface area contributed by atoms with Gasteiger partial charge in [-0.05, 0) is 24.3 Å². The van der Waals surface area contributed by atoms with Crippen LogP contribution in [0, 0.1) is 0 Å². The number of hydrogen-bond acceptors (Lipinski definition) is 7. The number of para-hydroxylation sites is 1. The lowest BCUT2D eigenvalue weighted by Crippen LogP contribution is -2.44. The van der Waals surface area contributed by atoms with Crippen molar-refractivity contribution in [1.82, 2.24) is 15.2 Å². The third-order valence-corrected chi connectivity index (χ3v) is 5.74. The highest BCUT2D eigenvalue weighted by molar-refractivity contribution is 6.58. The van der Waals surface area contributed by atoms with Crippen LogP contribution in [-0.2, 0) is 4.84 Å². The lowest BCUT2D eigenvalue weighted by molar-refractivity contribution is 0.0697. The van der Waals surface area contributed by atoms with E-state index in [9.17, 15) is 15.0 Å². The van der Waals surface area contributed by atoms with Gasteiger partial charge in [-0.15, -0.1) is 24.8 Å². The van der Waals surface area contributed by atoms with Gasteiger partial charge in [0, 0.05) is 49.2 Å². The molecule has 2 aliphatic heterocycles. The summed E-state index contributed by atoms with van der Waals surface area (Å²) < 4.78 is 0. The Morgan fingerprint density at radius 2 is 1.91 bits per heavy atom. The zero-order valence-electron chi connectivity index (χ0n) is 18.2. The van der Waals surface area contributed by atoms with E-state index in [0.29, 0.717) is 34.8 Å². The van der Waals surface area contributed by atoms with Gasteiger partial charge in [0.05, 0.1) is 16.8 Å². The molecule has 2 aromatic carbocycles. The molecule has 3 heterocycles. The smallest absolute Gasteiger partial charge is 0.335 e. The number of nitrogens with zero attached hydrogens (tertiary/aromatic N) is 3. The van der Waals surface area contributed by atoms with Crippen molar-refractivity contribution in [3.8, 4) is 5.88 Å². The quantitative estimate of drug-likeness (QED) is 0.301. The number of aliphatic imine (C=N–C) groups is 1. The fourth-order valence-corrected chi connectivity index (χ4v) is 4.11. The largest absolute Gasteiger partial charge is 0.494 e. The molecule has 4 N–H and O–H groups in total. The molecule has 0 spiro atoms. The minimum absolute atomic E-state index is 0. The molecule has 1 fully saturated rings. The van der Waals surface area contributed by atoms with Crippen LogP contribution in [0.1, 0.15) is 21.5 Å². The van der Waals surface area contributed by atoms with E-state index in [1.165, 1.54) is 6.07 Å². The summed E-state index contributed by atoms with van der Waals surface area (Å²) in [4.78, 5) is 27.1. The number of H-pyrrole nitrogens is 1. The predicted octanol–water partition coefficient (Wildman–Crippen LogP) is 3.18. The van der Waals surface area contributed by atoms with Gasteiger partial charge in [0.2, 0.25) is 0 Å². The topological polar surface area (TPSA) is 123 Å². The third-order valence-electron chi connectivity index (χ3n) is 5.74. The van der Waals surface area contributed by atoms with Gasteiger partial charge in [-0.2, -0.15) is 0 Å². The molecule has 11 heteroatoms. The van der Waals surface area contributed by atoms with E-state index in [0.717, 1.165) is 43.6 Å². The average Bonchev–Trinajstić information content (AvgIpc) is 3.33. The second kappa shape index (κ2) is 10.9. The van der Waals surface area contributed by atoms with E-state index in [2.05, 4.69) is 25.3 Å². The Morgan fingerprint density at radius 3 is 2.68 bits per heavy atom. The Labute approximate surface area is 208 Å². The molecule has 0 bridgehead atoms. The van der Waals surface area contributed by atoms with Crippen molar-refractivity contribution in [2.24, 2.45) is 10.1 Å². The number of carboxylic acids is 1. The SMILES string of the molecule is Cl.Cl.O=C(O)c1ccc2c(c1)/C(=N\OCCN1CCNCC1)C(c1c(O)[nH]c3ccccc13)=N2. The minimum atomic E-state index is -1.03. The van der Waals surface area contributed by atoms with Crippen LogP contribution in [0.25, 0.3) is 10.9 Å². The Balaban J connectivity index is 0.00000162. The molecule has 9 nitrogen and oxygen atoms in total. The van der Waals surface area contributed by atoms with Gasteiger partial charge in [0.15, 0.2) is 5.88 Å². The molecule has 0 saturated carbocycles. The molecule has 34 heavy (non-hydrogen) atoms. The van der Waals surface area contributed by atoms with Gasteiger partial charge in [-0.1, -0.05) is 23.4 Å². The molecule has 0 amide bonds. The summed E-state index contributed by atoms with van der Waals surface area (Å²) in [5, 5.41) is 28.5. The standard InChI is InChI=1S/C23H23N5O4.2ClH/c29-22-19(15-3-1-2-4-17(15)26-22)21-20(27-32-12-11-28-9-7-24-8-10-28)16-13-14(23(30)31)5-6-18(16)25-21;;/h1-6,13,24,26,29H,7-12H2,(H,30,31);2*1H/b27-20+;;. The Morgan fingerprint density at radius 1 is 1.15 bits per heavy atom. The number of aromatic nitrogens is 1. The lowest BCUT2D eigenvalue weighted by atomic mass is 9.99. The molecule has 0 atom stereocenters. The minimum Gasteiger partial charge on any atom is -0.494 e. The summed E-state index contributed by atoms with van der Waals surface area (Å²) in [5.74, 6) is -1.06. The van der Waals surface area contributed by atoms with Gasteiger partial charge < -0.3 is 25.4 Å². The van der Waals surface area contributed by atoms with Crippen molar-refractivity contribution in [2.75, 3.05) is 39.3 Å². The van der Waals surface area contributed by atoms with E-state index in [4.69, 9.17) is 4.84 Å². The zero-order chi connectivity index (χ0) is 22.1. The summed E-state index contributed by atoms with van der Waals surface area (Å²) in [6, 6.07) is 12.2.